The summed E-state index contributed by atoms with van der Waals surface area (Å²) < 4.78 is 15.0. The molecule has 2 heterocycles. The van der Waals surface area contributed by atoms with E-state index in [0.717, 1.165) is 22.7 Å². The molecule has 2 aromatic carbocycles. The minimum atomic E-state index is 0.565. The van der Waals surface area contributed by atoms with Crippen LogP contribution in [0.3, 0.4) is 0 Å². The SMILES string of the molecule is CCOc1ccc(Oc2c(C=Nn3cnnc3)c(C)nn2-c2ccccc2)cc1. The van der Waals surface area contributed by atoms with Crippen molar-refractivity contribution in [1.29, 1.82) is 0 Å². The topological polar surface area (TPSA) is 79.3 Å². The van der Waals surface area contributed by atoms with Gasteiger partial charge in [0, 0.05) is 0 Å². The van der Waals surface area contributed by atoms with Crippen LogP contribution in [0, 0.1) is 6.92 Å². The van der Waals surface area contributed by atoms with Gasteiger partial charge in [-0.25, -0.2) is 4.68 Å². The number of ether oxygens (including phenoxy) is 2. The van der Waals surface area contributed by atoms with E-state index in [4.69, 9.17) is 9.47 Å². The maximum Gasteiger partial charge on any atom is 0.231 e. The highest BCUT2D eigenvalue weighted by Crippen LogP contribution is 2.30. The second-order valence-electron chi connectivity index (χ2n) is 6.14. The molecule has 0 aliphatic rings. The molecule has 0 bridgehead atoms. The van der Waals surface area contributed by atoms with Gasteiger partial charge in [-0.3, -0.25) is 0 Å². The van der Waals surface area contributed by atoms with Crippen LogP contribution in [0.25, 0.3) is 5.69 Å². The molecule has 0 aliphatic heterocycles. The van der Waals surface area contributed by atoms with Gasteiger partial charge in [-0.15, -0.1) is 10.2 Å². The van der Waals surface area contributed by atoms with E-state index in [1.165, 1.54) is 17.3 Å². The van der Waals surface area contributed by atoms with Crippen LogP contribution in [0.1, 0.15) is 18.2 Å². The predicted molar refractivity (Wildman–Crippen MR) is 109 cm³/mol. The van der Waals surface area contributed by atoms with Crippen LogP contribution >= 0.6 is 0 Å². The summed E-state index contributed by atoms with van der Waals surface area (Å²) in [6, 6.07) is 17.3. The van der Waals surface area contributed by atoms with Crippen LogP contribution in [0.15, 0.2) is 72.4 Å². The lowest BCUT2D eigenvalue weighted by Crippen LogP contribution is -2.01. The van der Waals surface area contributed by atoms with E-state index in [-0.39, 0.29) is 0 Å². The second kappa shape index (κ2) is 8.39. The highest BCUT2D eigenvalue weighted by Gasteiger charge is 2.18. The van der Waals surface area contributed by atoms with Gasteiger partial charge < -0.3 is 9.47 Å². The van der Waals surface area contributed by atoms with Gasteiger partial charge in [-0.05, 0) is 50.2 Å². The lowest BCUT2D eigenvalue weighted by Gasteiger charge is -2.11. The molecule has 0 unspecified atom stereocenters. The van der Waals surface area contributed by atoms with E-state index in [2.05, 4.69) is 20.4 Å². The van der Waals surface area contributed by atoms with Crippen LogP contribution in [-0.4, -0.2) is 37.5 Å². The van der Waals surface area contributed by atoms with Gasteiger partial charge in [0.25, 0.3) is 0 Å². The zero-order chi connectivity index (χ0) is 20.1. The van der Waals surface area contributed by atoms with Crippen molar-refractivity contribution in [3.8, 4) is 23.1 Å². The lowest BCUT2D eigenvalue weighted by molar-refractivity contribution is 0.339. The van der Waals surface area contributed by atoms with Crippen molar-refractivity contribution in [2.45, 2.75) is 13.8 Å². The normalized spacial score (nSPS) is 11.1. The molecule has 146 valence electrons. The fourth-order valence-corrected chi connectivity index (χ4v) is 2.77. The first-order chi connectivity index (χ1) is 14.2. The zero-order valence-electron chi connectivity index (χ0n) is 16.1. The van der Waals surface area contributed by atoms with Crippen molar-refractivity contribution in [1.82, 2.24) is 24.7 Å². The van der Waals surface area contributed by atoms with Crippen molar-refractivity contribution in [2.24, 2.45) is 5.10 Å². The number of rotatable bonds is 7. The Labute approximate surface area is 168 Å². The molecular weight excluding hydrogens is 368 g/mol. The molecular formula is C21H20N6O2. The average Bonchev–Trinajstić information content (AvgIpc) is 3.37. The first kappa shape index (κ1) is 18.4. The van der Waals surface area contributed by atoms with Crippen molar-refractivity contribution < 1.29 is 9.47 Å². The summed E-state index contributed by atoms with van der Waals surface area (Å²) in [5.41, 5.74) is 2.43. The first-order valence-electron chi connectivity index (χ1n) is 9.19. The fourth-order valence-electron chi connectivity index (χ4n) is 2.77. The number of nitrogens with zero attached hydrogens (tertiary/aromatic N) is 6. The quantitative estimate of drug-likeness (QED) is 0.449. The zero-order valence-corrected chi connectivity index (χ0v) is 16.1. The Balaban J connectivity index is 1.74. The summed E-state index contributed by atoms with van der Waals surface area (Å²) in [7, 11) is 0. The minimum Gasteiger partial charge on any atom is -0.494 e. The molecule has 0 radical (unpaired) electrons. The van der Waals surface area contributed by atoms with E-state index in [0.29, 0.717) is 18.2 Å². The molecule has 8 nitrogen and oxygen atoms in total. The number of benzene rings is 2. The van der Waals surface area contributed by atoms with Gasteiger partial charge in [0.15, 0.2) is 0 Å². The Kier molecular flexibility index (Phi) is 5.33. The maximum absolute atomic E-state index is 6.23. The molecule has 0 fully saturated rings. The highest BCUT2D eigenvalue weighted by atomic mass is 16.5. The van der Waals surface area contributed by atoms with Crippen molar-refractivity contribution in [2.75, 3.05) is 6.61 Å². The summed E-state index contributed by atoms with van der Waals surface area (Å²) in [6.07, 6.45) is 4.72. The van der Waals surface area contributed by atoms with Gasteiger partial charge in [-0.2, -0.15) is 14.9 Å². The third-order valence-corrected chi connectivity index (χ3v) is 4.14. The van der Waals surface area contributed by atoms with E-state index in [9.17, 15) is 0 Å². The molecule has 0 aliphatic carbocycles. The summed E-state index contributed by atoms with van der Waals surface area (Å²) >= 11 is 0. The fraction of sp³-hybridized carbons (Fsp3) is 0.143. The van der Waals surface area contributed by atoms with Crippen LogP contribution in [0.5, 0.6) is 17.4 Å². The molecule has 4 rings (SSSR count). The average molecular weight is 388 g/mol. The monoisotopic (exact) mass is 388 g/mol. The Bertz CT molecular complexity index is 1090. The van der Waals surface area contributed by atoms with Gasteiger partial charge >= 0.3 is 0 Å². The number of para-hydroxylation sites is 1. The molecule has 0 saturated carbocycles. The summed E-state index contributed by atoms with van der Waals surface area (Å²) in [5.74, 6) is 2.03. The van der Waals surface area contributed by atoms with Gasteiger partial charge in [0.2, 0.25) is 5.88 Å². The number of aromatic nitrogens is 5. The number of hydrogen-bond donors (Lipinski definition) is 0. The molecule has 8 heteroatoms. The van der Waals surface area contributed by atoms with Crippen LogP contribution in [0.4, 0.5) is 0 Å². The van der Waals surface area contributed by atoms with E-state index in [1.54, 1.807) is 10.9 Å². The molecule has 4 aromatic rings. The third kappa shape index (κ3) is 4.16. The largest absolute Gasteiger partial charge is 0.494 e. The van der Waals surface area contributed by atoms with Crippen LogP contribution in [-0.2, 0) is 0 Å². The minimum absolute atomic E-state index is 0.565. The van der Waals surface area contributed by atoms with E-state index >= 15 is 0 Å². The van der Waals surface area contributed by atoms with E-state index in [1.807, 2.05) is 68.4 Å². The summed E-state index contributed by atoms with van der Waals surface area (Å²) in [5, 5.41) is 16.5. The summed E-state index contributed by atoms with van der Waals surface area (Å²) in [6.45, 7) is 4.48. The van der Waals surface area contributed by atoms with Gasteiger partial charge in [0.1, 0.15) is 24.2 Å². The van der Waals surface area contributed by atoms with Crippen molar-refractivity contribution >= 4 is 6.21 Å². The smallest absolute Gasteiger partial charge is 0.231 e. The number of hydrogen-bond acceptors (Lipinski definition) is 6. The second-order valence-corrected chi connectivity index (χ2v) is 6.14. The molecule has 0 amide bonds. The Morgan fingerprint density at radius 2 is 1.66 bits per heavy atom. The molecule has 0 spiro atoms. The Morgan fingerprint density at radius 1 is 0.966 bits per heavy atom. The predicted octanol–water partition coefficient (Wildman–Crippen LogP) is 3.85. The maximum atomic E-state index is 6.23. The third-order valence-electron chi connectivity index (χ3n) is 4.14. The molecule has 0 N–H and O–H groups in total. The Morgan fingerprint density at radius 3 is 2.34 bits per heavy atom. The summed E-state index contributed by atoms with van der Waals surface area (Å²) in [4.78, 5) is 0. The van der Waals surface area contributed by atoms with Crippen molar-refractivity contribution in [3.05, 3.63) is 78.5 Å². The Hall–Kier alpha value is -3.94. The number of aryl methyl sites for hydroxylation is 1. The standard InChI is InChI=1S/C21H20N6O2/c1-3-28-18-9-11-19(12-10-18)29-21-20(13-24-26-14-22-23-15-26)16(2)25-27(21)17-7-5-4-6-8-17/h4-15H,3H2,1-2H3. The molecule has 29 heavy (non-hydrogen) atoms. The van der Waals surface area contributed by atoms with Crippen LogP contribution in [0.2, 0.25) is 0 Å². The highest BCUT2D eigenvalue weighted by molar-refractivity contribution is 5.84. The first-order valence-corrected chi connectivity index (χ1v) is 9.19. The molecule has 2 aromatic heterocycles. The molecule has 0 atom stereocenters. The van der Waals surface area contributed by atoms with Crippen LogP contribution < -0.4 is 9.47 Å². The molecule has 0 saturated heterocycles. The van der Waals surface area contributed by atoms with E-state index < -0.39 is 0 Å². The lowest BCUT2D eigenvalue weighted by atomic mass is 10.2. The van der Waals surface area contributed by atoms with Gasteiger partial charge in [0.05, 0.1) is 29.8 Å². The van der Waals surface area contributed by atoms with Crippen molar-refractivity contribution in [3.63, 3.8) is 0 Å². The van der Waals surface area contributed by atoms with Gasteiger partial charge in [-0.1, -0.05) is 18.2 Å².